The Bertz CT molecular complexity index is 1420. The third kappa shape index (κ3) is 6.97. The van der Waals surface area contributed by atoms with E-state index in [0.717, 1.165) is 17.5 Å². The average molecular weight is 533 g/mol. The number of carbonyl (C=O) groups is 1. The number of aromatic carboxylic acids is 1. The smallest absolute Gasteiger partial charge is 0.338 e. The van der Waals surface area contributed by atoms with Crippen LogP contribution in [0.5, 0.6) is 0 Å². The summed E-state index contributed by atoms with van der Waals surface area (Å²) in [6, 6.07) is 25.5. The fourth-order valence-corrected chi connectivity index (χ4v) is 4.78. The molecule has 0 bridgehead atoms. The second-order valence-corrected chi connectivity index (χ2v) is 10.5. The van der Waals surface area contributed by atoms with Crippen molar-refractivity contribution in [3.05, 3.63) is 101 Å². The molecule has 0 aliphatic rings. The molecule has 0 amide bonds. The number of nitrogens with zero attached hydrogens (tertiary/aromatic N) is 1. The molecule has 3 aromatic carbocycles. The molecule has 3 N–H and O–H groups in total. The Morgan fingerprint density at radius 2 is 1.74 bits per heavy atom. The van der Waals surface area contributed by atoms with Crippen LogP contribution < -0.4 is 5.32 Å². The first kappa shape index (κ1) is 27.7. The standard InChI is InChI=1S/C31H33ClN2O4/c1-20(25-10-6-7-11-26(25)28-15-14-27(30(36)37)29(32)34-28)38-19-24(35)18-33-31(2,3)17-21-12-13-22-8-4-5-9-23(22)16-21/h4-16,20,24,33,35H,17-19H2,1-3H3,(H,36,37). The molecule has 2 unspecified atom stereocenters. The number of β-amino-alcohol motifs (C(OH)–C–C–N with tert-alkyl or cyclic N) is 1. The van der Waals surface area contributed by atoms with Gasteiger partial charge in [-0.3, -0.25) is 0 Å². The number of aliphatic hydroxyl groups excluding tert-OH is 1. The highest BCUT2D eigenvalue weighted by Gasteiger charge is 2.21. The van der Waals surface area contributed by atoms with Gasteiger partial charge in [0.25, 0.3) is 0 Å². The third-order valence-corrected chi connectivity index (χ3v) is 6.86. The van der Waals surface area contributed by atoms with E-state index in [0.29, 0.717) is 12.2 Å². The number of carboxylic acids is 1. The number of fused-ring (bicyclic) bond motifs is 1. The topological polar surface area (TPSA) is 91.7 Å². The number of hydrogen-bond acceptors (Lipinski definition) is 5. The quantitative estimate of drug-likeness (QED) is 0.196. The van der Waals surface area contributed by atoms with Gasteiger partial charge in [-0.2, -0.15) is 0 Å². The lowest BCUT2D eigenvalue weighted by molar-refractivity contribution is -0.00397. The highest BCUT2D eigenvalue weighted by Crippen LogP contribution is 2.30. The second kappa shape index (κ2) is 12.0. The van der Waals surface area contributed by atoms with Crippen LogP contribution in [0.15, 0.2) is 78.9 Å². The summed E-state index contributed by atoms with van der Waals surface area (Å²) in [6.45, 7) is 6.71. The van der Waals surface area contributed by atoms with Gasteiger partial charge in [-0.25, -0.2) is 9.78 Å². The molecule has 4 aromatic rings. The summed E-state index contributed by atoms with van der Waals surface area (Å²) in [6.07, 6.45) is -0.195. The van der Waals surface area contributed by atoms with Gasteiger partial charge in [-0.1, -0.05) is 78.3 Å². The van der Waals surface area contributed by atoms with Crippen LogP contribution in [-0.2, 0) is 11.2 Å². The van der Waals surface area contributed by atoms with E-state index in [1.807, 2.05) is 43.3 Å². The van der Waals surface area contributed by atoms with Gasteiger partial charge in [0, 0.05) is 17.6 Å². The molecule has 4 rings (SSSR count). The first-order valence-corrected chi connectivity index (χ1v) is 13.0. The highest BCUT2D eigenvalue weighted by atomic mass is 35.5. The maximum atomic E-state index is 11.3. The Morgan fingerprint density at radius 1 is 1.03 bits per heavy atom. The first-order chi connectivity index (χ1) is 18.1. The number of aromatic nitrogens is 1. The zero-order valence-electron chi connectivity index (χ0n) is 21.8. The molecule has 1 heterocycles. The number of halogens is 1. The van der Waals surface area contributed by atoms with Gasteiger partial charge in [0.15, 0.2) is 0 Å². The van der Waals surface area contributed by atoms with Crippen molar-refractivity contribution < 1.29 is 19.7 Å². The first-order valence-electron chi connectivity index (χ1n) is 12.6. The lowest BCUT2D eigenvalue weighted by atomic mass is 9.93. The molecule has 7 heteroatoms. The highest BCUT2D eigenvalue weighted by molar-refractivity contribution is 6.32. The number of benzene rings is 3. The van der Waals surface area contributed by atoms with Crippen LogP contribution in [0.2, 0.25) is 5.15 Å². The van der Waals surface area contributed by atoms with Gasteiger partial charge in [-0.15, -0.1) is 0 Å². The molecule has 0 saturated heterocycles. The Morgan fingerprint density at radius 3 is 2.47 bits per heavy atom. The van der Waals surface area contributed by atoms with Crippen molar-refractivity contribution in [2.75, 3.05) is 13.2 Å². The van der Waals surface area contributed by atoms with Gasteiger partial charge in [0.2, 0.25) is 0 Å². The number of carboxylic acid groups (broad SMARTS) is 1. The molecular formula is C31H33ClN2O4. The summed E-state index contributed by atoms with van der Waals surface area (Å²) < 4.78 is 6.03. The minimum Gasteiger partial charge on any atom is -0.478 e. The predicted octanol–water partition coefficient (Wildman–Crippen LogP) is 6.30. The summed E-state index contributed by atoms with van der Waals surface area (Å²) in [5.41, 5.74) is 3.20. The van der Waals surface area contributed by atoms with E-state index < -0.39 is 12.1 Å². The van der Waals surface area contributed by atoms with Crippen molar-refractivity contribution in [3.63, 3.8) is 0 Å². The molecule has 0 aliphatic heterocycles. The fourth-order valence-electron chi connectivity index (χ4n) is 4.55. The van der Waals surface area contributed by atoms with E-state index in [4.69, 9.17) is 16.3 Å². The number of ether oxygens (including phenoxy) is 1. The summed E-state index contributed by atoms with van der Waals surface area (Å²) in [4.78, 5) is 15.6. The molecule has 0 spiro atoms. The van der Waals surface area contributed by atoms with E-state index in [-0.39, 0.29) is 29.0 Å². The van der Waals surface area contributed by atoms with E-state index in [2.05, 4.69) is 54.5 Å². The number of hydrogen-bond donors (Lipinski definition) is 3. The molecule has 1 aromatic heterocycles. The number of nitrogens with one attached hydrogen (secondary N) is 1. The van der Waals surface area contributed by atoms with Crippen LogP contribution in [0.1, 0.15) is 48.4 Å². The average Bonchev–Trinajstić information content (AvgIpc) is 2.90. The molecule has 0 fully saturated rings. The monoisotopic (exact) mass is 532 g/mol. The SMILES string of the molecule is CC(OCC(O)CNC(C)(C)Cc1ccc2ccccc2c1)c1ccccc1-c1ccc(C(=O)O)c(Cl)n1. The summed E-state index contributed by atoms with van der Waals surface area (Å²) in [5, 5.41) is 25.7. The second-order valence-electron chi connectivity index (χ2n) is 10.2. The molecule has 6 nitrogen and oxygen atoms in total. The van der Waals surface area contributed by atoms with E-state index in [1.165, 1.54) is 22.4 Å². The molecule has 0 saturated carbocycles. The van der Waals surface area contributed by atoms with Gasteiger partial charge in [0.1, 0.15) is 5.15 Å². The number of aliphatic hydroxyl groups is 1. The van der Waals surface area contributed by atoms with E-state index >= 15 is 0 Å². The summed E-state index contributed by atoms with van der Waals surface area (Å²) in [7, 11) is 0. The minimum atomic E-state index is -1.12. The Hall–Kier alpha value is -3.29. The zero-order valence-corrected chi connectivity index (χ0v) is 22.6. The van der Waals surface area contributed by atoms with Crippen LogP contribution >= 0.6 is 11.6 Å². The fraction of sp³-hybridized carbons (Fsp3) is 0.290. The van der Waals surface area contributed by atoms with Crippen molar-refractivity contribution in [2.24, 2.45) is 0 Å². The lowest BCUT2D eigenvalue weighted by Gasteiger charge is -2.28. The molecule has 2 atom stereocenters. The Kier molecular flexibility index (Phi) is 8.80. The van der Waals surface area contributed by atoms with Crippen LogP contribution in [-0.4, -0.2) is 46.0 Å². The molecule has 198 valence electrons. The van der Waals surface area contributed by atoms with Gasteiger partial charge in [-0.05, 0) is 61.2 Å². The maximum absolute atomic E-state index is 11.3. The van der Waals surface area contributed by atoms with Crippen molar-refractivity contribution in [3.8, 4) is 11.3 Å². The molecule has 0 radical (unpaired) electrons. The van der Waals surface area contributed by atoms with Crippen LogP contribution in [0, 0.1) is 0 Å². The number of pyridine rings is 1. The summed E-state index contributed by atoms with van der Waals surface area (Å²) in [5.74, 6) is -1.12. The summed E-state index contributed by atoms with van der Waals surface area (Å²) >= 11 is 6.09. The van der Waals surface area contributed by atoms with Crippen molar-refractivity contribution in [1.29, 1.82) is 0 Å². The molecule has 38 heavy (non-hydrogen) atoms. The van der Waals surface area contributed by atoms with Crippen LogP contribution in [0.3, 0.4) is 0 Å². The molecular weight excluding hydrogens is 500 g/mol. The van der Waals surface area contributed by atoms with Gasteiger partial charge in [0.05, 0.1) is 30.1 Å². The molecule has 0 aliphatic carbocycles. The van der Waals surface area contributed by atoms with E-state index in [9.17, 15) is 15.0 Å². The number of rotatable bonds is 11. The van der Waals surface area contributed by atoms with Crippen molar-refractivity contribution >= 4 is 28.3 Å². The Balaban J connectivity index is 1.34. The normalized spacial score (nSPS) is 13.4. The maximum Gasteiger partial charge on any atom is 0.338 e. The largest absolute Gasteiger partial charge is 0.478 e. The third-order valence-electron chi connectivity index (χ3n) is 6.57. The minimum absolute atomic E-state index is 0.0450. The lowest BCUT2D eigenvalue weighted by Crippen LogP contribution is -2.46. The van der Waals surface area contributed by atoms with Crippen molar-refractivity contribution in [1.82, 2.24) is 10.3 Å². The van der Waals surface area contributed by atoms with Crippen LogP contribution in [0.25, 0.3) is 22.0 Å². The van der Waals surface area contributed by atoms with Gasteiger partial charge >= 0.3 is 5.97 Å². The van der Waals surface area contributed by atoms with Crippen LogP contribution in [0.4, 0.5) is 0 Å². The zero-order chi connectivity index (χ0) is 27.3. The predicted molar refractivity (Wildman–Crippen MR) is 152 cm³/mol. The van der Waals surface area contributed by atoms with Crippen molar-refractivity contribution in [2.45, 2.75) is 44.9 Å². The Labute approximate surface area is 228 Å². The van der Waals surface area contributed by atoms with E-state index in [1.54, 1.807) is 6.07 Å². The van der Waals surface area contributed by atoms with Gasteiger partial charge < -0.3 is 20.3 Å².